The summed E-state index contributed by atoms with van der Waals surface area (Å²) in [6.45, 7) is 7.40. The number of hydrogen-bond acceptors (Lipinski definition) is 4. The molecular weight excluding hydrogens is 510 g/mol. The van der Waals surface area contributed by atoms with E-state index in [0.717, 1.165) is 39.2 Å². The first-order valence-corrected chi connectivity index (χ1v) is 15.1. The van der Waals surface area contributed by atoms with Gasteiger partial charge in [-0.25, -0.2) is 8.42 Å². The molecule has 0 saturated carbocycles. The summed E-state index contributed by atoms with van der Waals surface area (Å²) < 4.78 is 27.0. The molecule has 3 rings (SSSR count). The van der Waals surface area contributed by atoms with Gasteiger partial charge in [-0.05, 0) is 49.9 Å². The highest BCUT2D eigenvalue weighted by atomic mass is 32.2. The van der Waals surface area contributed by atoms with E-state index >= 15 is 0 Å². The van der Waals surface area contributed by atoms with Gasteiger partial charge in [0.05, 0.1) is 11.9 Å². The van der Waals surface area contributed by atoms with Crippen LogP contribution in [0.25, 0.3) is 0 Å². The van der Waals surface area contributed by atoms with Crippen LogP contribution < -0.4 is 9.62 Å². The Bertz CT molecular complexity index is 1360. The minimum absolute atomic E-state index is 0.0767. The molecule has 0 saturated heterocycles. The number of nitrogens with one attached hydrogen (secondary N) is 1. The molecule has 3 aromatic rings. The summed E-state index contributed by atoms with van der Waals surface area (Å²) in [7, 11) is -3.80. The number of carbonyl (C=O) groups is 2. The first-order chi connectivity index (χ1) is 18.5. The second-order valence-electron chi connectivity index (χ2n) is 10.1. The van der Waals surface area contributed by atoms with E-state index in [4.69, 9.17) is 0 Å². The number of rotatable bonds is 12. The zero-order valence-electron chi connectivity index (χ0n) is 23.4. The summed E-state index contributed by atoms with van der Waals surface area (Å²) in [6, 6.07) is 23.5. The lowest BCUT2D eigenvalue weighted by Gasteiger charge is -2.34. The molecule has 8 heteroatoms. The minimum Gasteiger partial charge on any atom is -0.352 e. The van der Waals surface area contributed by atoms with Crippen LogP contribution in [-0.2, 0) is 32.6 Å². The zero-order valence-corrected chi connectivity index (χ0v) is 24.2. The van der Waals surface area contributed by atoms with Crippen molar-refractivity contribution in [1.29, 1.82) is 0 Å². The third kappa shape index (κ3) is 8.42. The predicted octanol–water partition coefficient (Wildman–Crippen LogP) is 4.62. The molecular formula is C31H39N3O4S. The van der Waals surface area contributed by atoms with Gasteiger partial charge in [0.1, 0.15) is 12.6 Å². The Morgan fingerprint density at radius 1 is 0.897 bits per heavy atom. The molecule has 0 aromatic heterocycles. The van der Waals surface area contributed by atoms with Crippen LogP contribution in [-0.4, -0.2) is 50.0 Å². The van der Waals surface area contributed by atoms with Gasteiger partial charge in [-0.3, -0.25) is 13.9 Å². The fourth-order valence-corrected chi connectivity index (χ4v) is 5.36. The molecule has 0 spiro atoms. The molecule has 7 nitrogen and oxygen atoms in total. The van der Waals surface area contributed by atoms with Crippen molar-refractivity contribution in [3.63, 3.8) is 0 Å². The standard InChI is InChI=1S/C31H39N3O4S/c1-6-25(4)32-31(36)29(20-26-13-9-7-10-14-26)33(21-27-15-11-8-12-16-27)30(35)22-34(39(5,37)38)28-18-17-23(2)19-24(28)3/h7-19,25,29H,6,20-22H2,1-5H3,(H,32,36)/t25-,29-/m1/s1. The number of amides is 2. The van der Waals surface area contributed by atoms with Gasteiger partial charge in [0, 0.05) is 19.0 Å². The van der Waals surface area contributed by atoms with Crippen LogP contribution >= 0.6 is 0 Å². The average Bonchev–Trinajstić information content (AvgIpc) is 2.90. The van der Waals surface area contributed by atoms with Crippen LogP contribution in [0.1, 0.15) is 42.5 Å². The van der Waals surface area contributed by atoms with Crippen molar-refractivity contribution in [2.45, 2.75) is 59.2 Å². The van der Waals surface area contributed by atoms with Crippen LogP contribution in [0, 0.1) is 13.8 Å². The molecule has 0 unspecified atom stereocenters. The molecule has 0 fully saturated rings. The summed E-state index contributed by atoms with van der Waals surface area (Å²) >= 11 is 0. The Labute approximate surface area is 232 Å². The van der Waals surface area contributed by atoms with E-state index in [9.17, 15) is 18.0 Å². The highest BCUT2D eigenvalue weighted by Crippen LogP contribution is 2.24. The molecule has 2 amide bonds. The molecule has 0 aliphatic carbocycles. The van der Waals surface area contributed by atoms with Crippen molar-refractivity contribution in [2.24, 2.45) is 0 Å². The smallest absolute Gasteiger partial charge is 0.244 e. The Balaban J connectivity index is 2.06. The van der Waals surface area contributed by atoms with Crippen LogP contribution in [0.2, 0.25) is 0 Å². The van der Waals surface area contributed by atoms with E-state index in [2.05, 4.69) is 5.32 Å². The number of carbonyl (C=O) groups excluding carboxylic acids is 2. The third-order valence-electron chi connectivity index (χ3n) is 6.77. The van der Waals surface area contributed by atoms with E-state index < -0.39 is 28.5 Å². The van der Waals surface area contributed by atoms with Gasteiger partial charge in [-0.2, -0.15) is 0 Å². The van der Waals surface area contributed by atoms with Gasteiger partial charge >= 0.3 is 0 Å². The fraction of sp³-hybridized carbons (Fsp3) is 0.355. The summed E-state index contributed by atoms with van der Waals surface area (Å²) in [5.74, 6) is -0.723. The number of aryl methyl sites for hydroxylation is 2. The Morgan fingerprint density at radius 2 is 1.49 bits per heavy atom. The zero-order chi connectivity index (χ0) is 28.6. The quantitative estimate of drug-likeness (QED) is 0.357. The van der Waals surface area contributed by atoms with Crippen LogP contribution in [0.15, 0.2) is 78.9 Å². The number of anilines is 1. The minimum atomic E-state index is -3.80. The van der Waals surface area contributed by atoms with E-state index in [1.807, 2.05) is 100 Å². The van der Waals surface area contributed by atoms with Gasteiger partial charge in [-0.1, -0.05) is 85.3 Å². The lowest BCUT2D eigenvalue weighted by Crippen LogP contribution is -2.54. The maximum Gasteiger partial charge on any atom is 0.244 e. The fourth-order valence-electron chi connectivity index (χ4n) is 4.46. The average molecular weight is 550 g/mol. The Hall–Kier alpha value is -3.65. The van der Waals surface area contributed by atoms with Gasteiger partial charge < -0.3 is 10.2 Å². The number of hydrogen-bond donors (Lipinski definition) is 1. The summed E-state index contributed by atoms with van der Waals surface area (Å²) in [5, 5.41) is 3.04. The lowest BCUT2D eigenvalue weighted by atomic mass is 10.0. The van der Waals surface area contributed by atoms with Crippen molar-refractivity contribution in [3.05, 3.63) is 101 Å². The number of benzene rings is 3. The molecule has 3 aromatic carbocycles. The summed E-state index contributed by atoms with van der Waals surface area (Å²) in [5.41, 5.74) is 3.93. The van der Waals surface area contributed by atoms with Gasteiger partial charge in [0.2, 0.25) is 21.8 Å². The first-order valence-electron chi connectivity index (χ1n) is 13.2. The second kappa shape index (κ2) is 13.4. The maximum absolute atomic E-state index is 14.1. The van der Waals surface area contributed by atoms with Crippen molar-refractivity contribution in [3.8, 4) is 0 Å². The van der Waals surface area contributed by atoms with Crippen LogP contribution in [0.3, 0.4) is 0 Å². The topological polar surface area (TPSA) is 86.8 Å². The Morgan fingerprint density at radius 3 is 2.03 bits per heavy atom. The molecule has 0 heterocycles. The highest BCUT2D eigenvalue weighted by molar-refractivity contribution is 7.92. The number of nitrogens with zero attached hydrogens (tertiary/aromatic N) is 2. The van der Waals surface area contributed by atoms with E-state index in [1.54, 1.807) is 6.07 Å². The van der Waals surface area contributed by atoms with Crippen molar-refractivity contribution >= 4 is 27.5 Å². The number of sulfonamides is 1. The highest BCUT2D eigenvalue weighted by Gasteiger charge is 2.33. The Kier molecular flexibility index (Phi) is 10.3. The van der Waals surface area contributed by atoms with Gasteiger partial charge in [0.25, 0.3) is 0 Å². The lowest BCUT2D eigenvalue weighted by molar-refractivity contribution is -0.140. The van der Waals surface area contributed by atoms with Crippen molar-refractivity contribution in [1.82, 2.24) is 10.2 Å². The SMILES string of the molecule is CC[C@@H](C)NC(=O)[C@@H](Cc1ccccc1)N(Cc1ccccc1)C(=O)CN(c1ccc(C)cc1C)S(C)(=O)=O. The molecule has 2 atom stereocenters. The molecule has 0 aliphatic rings. The van der Waals surface area contributed by atoms with Crippen molar-refractivity contribution < 1.29 is 18.0 Å². The third-order valence-corrected chi connectivity index (χ3v) is 7.89. The van der Waals surface area contributed by atoms with E-state index in [1.165, 1.54) is 4.90 Å². The second-order valence-corrected chi connectivity index (χ2v) is 12.0. The molecule has 39 heavy (non-hydrogen) atoms. The maximum atomic E-state index is 14.1. The summed E-state index contributed by atoms with van der Waals surface area (Å²) in [4.78, 5) is 29.3. The largest absolute Gasteiger partial charge is 0.352 e. The normalized spacial score (nSPS) is 12.8. The van der Waals surface area contributed by atoms with Crippen LogP contribution in [0.5, 0.6) is 0 Å². The first kappa shape index (κ1) is 29.9. The van der Waals surface area contributed by atoms with Gasteiger partial charge in [-0.15, -0.1) is 0 Å². The molecule has 1 N–H and O–H groups in total. The van der Waals surface area contributed by atoms with Crippen LogP contribution in [0.4, 0.5) is 5.69 Å². The summed E-state index contributed by atoms with van der Waals surface area (Å²) in [6.07, 6.45) is 2.13. The monoisotopic (exact) mass is 549 g/mol. The molecule has 0 aliphatic heterocycles. The van der Waals surface area contributed by atoms with Crippen molar-refractivity contribution in [2.75, 3.05) is 17.1 Å². The molecule has 0 bridgehead atoms. The van der Waals surface area contributed by atoms with Gasteiger partial charge in [0.15, 0.2) is 0 Å². The van der Waals surface area contributed by atoms with E-state index in [0.29, 0.717) is 12.1 Å². The van der Waals surface area contributed by atoms with E-state index in [-0.39, 0.29) is 18.5 Å². The molecule has 208 valence electrons. The molecule has 0 radical (unpaired) electrons. The predicted molar refractivity (Wildman–Crippen MR) is 157 cm³/mol.